The summed E-state index contributed by atoms with van der Waals surface area (Å²) in [5, 5.41) is 12.3. The van der Waals surface area contributed by atoms with Crippen molar-refractivity contribution in [2.24, 2.45) is 0 Å². The van der Waals surface area contributed by atoms with E-state index in [1.807, 2.05) is 24.4 Å². The highest BCUT2D eigenvalue weighted by atomic mass is 16.4. The van der Waals surface area contributed by atoms with Gasteiger partial charge in [0.1, 0.15) is 0 Å². The molecule has 148 valence electrons. The van der Waals surface area contributed by atoms with Gasteiger partial charge in [0.05, 0.1) is 6.42 Å². The smallest absolute Gasteiger partial charge is 0.221 e. The number of H-pyrrole nitrogens is 1. The predicted octanol–water partition coefficient (Wildman–Crippen LogP) is 3.74. The third-order valence-electron chi connectivity index (χ3n) is 4.95. The number of aryl methyl sites for hydroxylation is 2. The van der Waals surface area contributed by atoms with Gasteiger partial charge in [-0.1, -0.05) is 48.0 Å². The van der Waals surface area contributed by atoms with Crippen molar-refractivity contribution in [1.29, 1.82) is 0 Å². The van der Waals surface area contributed by atoms with Gasteiger partial charge in [-0.3, -0.25) is 4.79 Å². The van der Waals surface area contributed by atoms with E-state index in [2.05, 4.69) is 57.8 Å². The van der Waals surface area contributed by atoms with Gasteiger partial charge in [0.25, 0.3) is 0 Å². The second-order valence-corrected chi connectivity index (χ2v) is 7.21. The van der Waals surface area contributed by atoms with Crippen molar-refractivity contribution in [3.63, 3.8) is 0 Å². The van der Waals surface area contributed by atoms with E-state index in [1.54, 1.807) is 0 Å². The zero-order valence-electron chi connectivity index (χ0n) is 16.4. The van der Waals surface area contributed by atoms with Crippen LogP contribution in [-0.4, -0.2) is 27.6 Å². The average molecular weight is 388 g/mol. The van der Waals surface area contributed by atoms with Crippen molar-refractivity contribution in [1.82, 2.24) is 20.5 Å². The minimum absolute atomic E-state index is 0.00603. The summed E-state index contributed by atoms with van der Waals surface area (Å²) in [5.41, 5.74) is 4.66. The molecule has 0 atom stereocenters. The lowest BCUT2D eigenvalue weighted by atomic mass is 10.1. The van der Waals surface area contributed by atoms with Crippen LogP contribution in [0.15, 0.2) is 59.1 Å². The van der Waals surface area contributed by atoms with E-state index in [4.69, 9.17) is 4.42 Å². The van der Waals surface area contributed by atoms with E-state index in [0.29, 0.717) is 37.6 Å². The second kappa shape index (κ2) is 8.73. The number of aromatic amines is 1. The fraction of sp³-hybridized carbons (Fsp3) is 0.261. The van der Waals surface area contributed by atoms with Crippen LogP contribution in [0, 0.1) is 6.92 Å². The van der Waals surface area contributed by atoms with Gasteiger partial charge in [-0.15, -0.1) is 10.2 Å². The molecule has 0 fully saturated rings. The van der Waals surface area contributed by atoms with E-state index < -0.39 is 0 Å². The molecule has 6 nitrogen and oxygen atoms in total. The lowest BCUT2D eigenvalue weighted by Crippen LogP contribution is -2.25. The number of carbonyl (C=O) groups excluding carboxylic acids is 1. The van der Waals surface area contributed by atoms with E-state index in [1.165, 1.54) is 11.1 Å². The molecule has 2 aromatic carbocycles. The minimum atomic E-state index is -0.00603. The number of nitrogens with zero attached hydrogens (tertiary/aromatic N) is 2. The van der Waals surface area contributed by atoms with Crippen molar-refractivity contribution in [3.05, 3.63) is 83.2 Å². The molecule has 0 aliphatic rings. The topological polar surface area (TPSA) is 83.8 Å². The molecule has 2 heterocycles. The van der Waals surface area contributed by atoms with Crippen molar-refractivity contribution < 1.29 is 9.21 Å². The maximum absolute atomic E-state index is 12.1. The van der Waals surface area contributed by atoms with Gasteiger partial charge < -0.3 is 14.7 Å². The summed E-state index contributed by atoms with van der Waals surface area (Å²) in [5.74, 6) is 1.05. The van der Waals surface area contributed by atoms with Gasteiger partial charge in [-0.2, -0.15) is 0 Å². The monoisotopic (exact) mass is 388 g/mol. The predicted molar refractivity (Wildman–Crippen MR) is 112 cm³/mol. The highest BCUT2D eigenvalue weighted by Gasteiger charge is 2.11. The first-order valence-electron chi connectivity index (χ1n) is 9.86. The SMILES string of the molecule is Cc1ccc(CCNC(=O)CCc2nnc(Cc3c[nH]c4ccccc34)o2)cc1. The zero-order valence-corrected chi connectivity index (χ0v) is 16.4. The molecule has 0 saturated carbocycles. The fourth-order valence-electron chi connectivity index (χ4n) is 3.31. The highest BCUT2D eigenvalue weighted by Crippen LogP contribution is 2.20. The number of nitrogens with one attached hydrogen (secondary N) is 2. The summed E-state index contributed by atoms with van der Waals surface area (Å²) >= 11 is 0. The Hall–Kier alpha value is -3.41. The first-order valence-corrected chi connectivity index (χ1v) is 9.86. The number of para-hydroxylation sites is 1. The Labute approximate surface area is 169 Å². The summed E-state index contributed by atoms with van der Waals surface area (Å²) < 4.78 is 5.73. The maximum Gasteiger partial charge on any atom is 0.221 e. The van der Waals surface area contributed by atoms with Crippen LogP contribution in [0.1, 0.15) is 34.9 Å². The summed E-state index contributed by atoms with van der Waals surface area (Å²) in [7, 11) is 0. The molecule has 4 aromatic rings. The number of fused-ring (bicyclic) bond motifs is 1. The lowest BCUT2D eigenvalue weighted by Gasteiger charge is -2.05. The Morgan fingerprint density at radius 3 is 2.69 bits per heavy atom. The van der Waals surface area contributed by atoms with Gasteiger partial charge in [-0.05, 0) is 30.5 Å². The highest BCUT2D eigenvalue weighted by molar-refractivity contribution is 5.83. The quantitative estimate of drug-likeness (QED) is 0.482. The molecule has 0 saturated heterocycles. The molecule has 0 aliphatic heterocycles. The van der Waals surface area contributed by atoms with E-state index in [0.717, 1.165) is 22.9 Å². The Morgan fingerprint density at radius 2 is 1.83 bits per heavy atom. The van der Waals surface area contributed by atoms with Gasteiger partial charge in [-0.25, -0.2) is 0 Å². The molecule has 0 radical (unpaired) electrons. The van der Waals surface area contributed by atoms with E-state index >= 15 is 0 Å². The number of hydrogen-bond donors (Lipinski definition) is 2. The summed E-state index contributed by atoms with van der Waals surface area (Å²) in [6, 6.07) is 16.5. The Kier molecular flexibility index (Phi) is 5.70. The summed E-state index contributed by atoms with van der Waals surface area (Å²) in [6.07, 6.45) is 4.14. The Balaban J connectivity index is 1.23. The van der Waals surface area contributed by atoms with Gasteiger partial charge >= 0.3 is 0 Å². The number of rotatable bonds is 8. The van der Waals surface area contributed by atoms with Crippen LogP contribution in [0.25, 0.3) is 10.9 Å². The molecule has 4 rings (SSSR count). The largest absolute Gasteiger partial charge is 0.425 e. The van der Waals surface area contributed by atoms with Gasteiger partial charge in [0.15, 0.2) is 0 Å². The molecule has 29 heavy (non-hydrogen) atoms. The zero-order chi connectivity index (χ0) is 20.1. The number of aromatic nitrogens is 3. The third kappa shape index (κ3) is 4.90. The molecule has 1 amide bonds. The van der Waals surface area contributed by atoms with Crippen LogP contribution >= 0.6 is 0 Å². The molecule has 2 N–H and O–H groups in total. The van der Waals surface area contributed by atoms with Crippen molar-refractivity contribution in [3.8, 4) is 0 Å². The number of carbonyl (C=O) groups is 1. The standard InChI is InChI=1S/C23H24N4O2/c1-16-6-8-17(9-7-16)12-13-24-21(28)10-11-22-26-27-23(29-22)14-18-15-25-20-5-3-2-4-19(18)20/h2-9,15,25H,10-14H2,1H3,(H,24,28). The molecule has 0 spiro atoms. The first kappa shape index (κ1) is 18.9. The van der Waals surface area contributed by atoms with Crippen molar-refractivity contribution in [2.45, 2.75) is 32.6 Å². The van der Waals surface area contributed by atoms with Crippen LogP contribution in [0.5, 0.6) is 0 Å². The number of benzene rings is 2. The van der Waals surface area contributed by atoms with E-state index in [-0.39, 0.29) is 5.91 Å². The molecular weight excluding hydrogens is 364 g/mol. The molecule has 6 heteroatoms. The first-order chi connectivity index (χ1) is 14.2. The molecule has 0 aliphatic carbocycles. The van der Waals surface area contributed by atoms with Crippen molar-refractivity contribution >= 4 is 16.8 Å². The normalized spacial score (nSPS) is 11.1. The maximum atomic E-state index is 12.1. The minimum Gasteiger partial charge on any atom is -0.425 e. The van der Waals surface area contributed by atoms with Crippen LogP contribution in [0.3, 0.4) is 0 Å². The fourth-order valence-corrected chi connectivity index (χ4v) is 3.31. The third-order valence-corrected chi connectivity index (χ3v) is 4.95. The molecule has 2 aromatic heterocycles. The number of hydrogen-bond acceptors (Lipinski definition) is 4. The Morgan fingerprint density at radius 1 is 1.03 bits per heavy atom. The second-order valence-electron chi connectivity index (χ2n) is 7.21. The van der Waals surface area contributed by atoms with Crippen LogP contribution < -0.4 is 5.32 Å². The lowest BCUT2D eigenvalue weighted by molar-refractivity contribution is -0.121. The Bertz CT molecular complexity index is 1100. The van der Waals surface area contributed by atoms with Gasteiger partial charge in [0, 0.05) is 36.5 Å². The van der Waals surface area contributed by atoms with E-state index in [9.17, 15) is 4.79 Å². The van der Waals surface area contributed by atoms with Gasteiger partial charge in [0.2, 0.25) is 17.7 Å². The molecular formula is C23H24N4O2. The summed E-state index contributed by atoms with van der Waals surface area (Å²) in [4.78, 5) is 15.3. The van der Waals surface area contributed by atoms with Crippen LogP contribution in [0.2, 0.25) is 0 Å². The van der Waals surface area contributed by atoms with Crippen molar-refractivity contribution in [2.75, 3.05) is 6.54 Å². The molecule has 0 unspecified atom stereocenters. The number of amides is 1. The molecule has 0 bridgehead atoms. The van der Waals surface area contributed by atoms with Crippen LogP contribution in [-0.2, 0) is 24.1 Å². The summed E-state index contributed by atoms with van der Waals surface area (Å²) in [6.45, 7) is 2.69. The average Bonchev–Trinajstić information content (AvgIpc) is 3.35. The van der Waals surface area contributed by atoms with Crippen LogP contribution in [0.4, 0.5) is 0 Å².